The number of rotatable bonds is 4. The standard InChI is InChI=1S/C16H16ClNO2/c1-3-20-13-7-4-6-12(10-13)16(19)18-15-9-5-8-14(17)11(15)2/h4-10H,3H2,1-2H3,(H,18,19). The minimum atomic E-state index is -0.183. The van der Waals surface area contributed by atoms with Gasteiger partial charge in [0.1, 0.15) is 5.75 Å². The number of carbonyl (C=O) groups is 1. The number of hydrogen-bond donors (Lipinski definition) is 1. The minimum absolute atomic E-state index is 0.183. The van der Waals surface area contributed by atoms with Gasteiger partial charge in [0.15, 0.2) is 0 Å². The Hall–Kier alpha value is -2.00. The van der Waals surface area contributed by atoms with Crippen molar-refractivity contribution in [3.63, 3.8) is 0 Å². The molecule has 20 heavy (non-hydrogen) atoms. The fraction of sp³-hybridized carbons (Fsp3) is 0.188. The Balaban J connectivity index is 2.19. The van der Waals surface area contributed by atoms with Crippen LogP contribution < -0.4 is 10.1 Å². The molecule has 104 valence electrons. The molecule has 0 aliphatic carbocycles. The maximum Gasteiger partial charge on any atom is 0.255 e. The fourth-order valence-corrected chi connectivity index (χ4v) is 2.01. The van der Waals surface area contributed by atoms with Crippen LogP contribution in [0.4, 0.5) is 5.69 Å². The largest absolute Gasteiger partial charge is 0.494 e. The Morgan fingerprint density at radius 3 is 2.75 bits per heavy atom. The highest BCUT2D eigenvalue weighted by molar-refractivity contribution is 6.31. The highest BCUT2D eigenvalue weighted by Gasteiger charge is 2.09. The molecule has 0 aromatic heterocycles. The zero-order chi connectivity index (χ0) is 14.5. The molecule has 0 heterocycles. The average molecular weight is 290 g/mol. The summed E-state index contributed by atoms with van der Waals surface area (Å²) < 4.78 is 5.39. The molecule has 2 aromatic carbocycles. The van der Waals surface area contributed by atoms with E-state index in [0.29, 0.717) is 28.6 Å². The first-order valence-corrected chi connectivity index (χ1v) is 6.79. The molecule has 3 nitrogen and oxygen atoms in total. The molecule has 0 saturated carbocycles. The lowest BCUT2D eigenvalue weighted by molar-refractivity contribution is 0.102. The van der Waals surface area contributed by atoms with E-state index in [0.717, 1.165) is 5.56 Å². The first kappa shape index (κ1) is 14.4. The smallest absolute Gasteiger partial charge is 0.255 e. The van der Waals surface area contributed by atoms with Crippen LogP contribution in [0.5, 0.6) is 5.75 Å². The molecule has 2 rings (SSSR count). The van der Waals surface area contributed by atoms with Crippen LogP contribution >= 0.6 is 11.6 Å². The van der Waals surface area contributed by atoms with E-state index in [-0.39, 0.29) is 5.91 Å². The second-order valence-corrected chi connectivity index (χ2v) is 4.73. The summed E-state index contributed by atoms with van der Waals surface area (Å²) in [5, 5.41) is 3.49. The van der Waals surface area contributed by atoms with Crippen LogP contribution in [0.1, 0.15) is 22.8 Å². The molecule has 0 radical (unpaired) electrons. The van der Waals surface area contributed by atoms with Gasteiger partial charge in [-0.05, 0) is 49.7 Å². The van der Waals surface area contributed by atoms with Gasteiger partial charge in [-0.3, -0.25) is 4.79 Å². The molecule has 0 saturated heterocycles. The fourth-order valence-electron chi connectivity index (χ4n) is 1.83. The maximum atomic E-state index is 12.2. The molecule has 2 aromatic rings. The topological polar surface area (TPSA) is 38.3 Å². The van der Waals surface area contributed by atoms with Gasteiger partial charge in [-0.1, -0.05) is 23.7 Å². The van der Waals surface area contributed by atoms with Crippen molar-refractivity contribution in [1.82, 2.24) is 0 Å². The van der Waals surface area contributed by atoms with E-state index >= 15 is 0 Å². The zero-order valence-corrected chi connectivity index (χ0v) is 12.2. The Morgan fingerprint density at radius 2 is 2.00 bits per heavy atom. The number of carbonyl (C=O) groups excluding carboxylic acids is 1. The van der Waals surface area contributed by atoms with Gasteiger partial charge in [0, 0.05) is 16.3 Å². The summed E-state index contributed by atoms with van der Waals surface area (Å²) >= 11 is 6.04. The van der Waals surface area contributed by atoms with Crippen LogP contribution in [0.15, 0.2) is 42.5 Å². The quantitative estimate of drug-likeness (QED) is 0.911. The molecule has 0 atom stereocenters. The summed E-state index contributed by atoms with van der Waals surface area (Å²) in [5.74, 6) is 0.500. The second-order valence-electron chi connectivity index (χ2n) is 4.33. The molecule has 0 unspecified atom stereocenters. The summed E-state index contributed by atoms with van der Waals surface area (Å²) in [6, 6.07) is 12.5. The minimum Gasteiger partial charge on any atom is -0.494 e. The molecule has 0 fully saturated rings. The average Bonchev–Trinajstić information content (AvgIpc) is 2.44. The summed E-state index contributed by atoms with van der Waals surface area (Å²) in [5.41, 5.74) is 2.11. The van der Waals surface area contributed by atoms with Crippen molar-refractivity contribution in [3.8, 4) is 5.75 Å². The van der Waals surface area contributed by atoms with Gasteiger partial charge < -0.3 is 10.1 Å². The molecule has 0 aliphatic rings. The number of hydrogen-bond acceptors (Lipinski definition) is 2. The Labute approximate surface area is 123 Å². The van der Waals surface area contributed by atoms with Gasteiger partial charge in [0.25, 0.3) is 5.91 Å². The molecular formula is C16H16ClNO2. The van der Waals surface area contributed by atoms with Crippen molar-refractivity contribution >= 4 is 23.2 Å². The summed E-state index contributed by atoms with van der Waals surface area (Å²) in [7, 11) is 0. The number of halogens is 1. The lowest BCUT2D eigenvalue weighted by Gasteiger charge is -2.10. The van der Waals surface area contributed by atoms with Crippen LogP contribution in [-0.4, -0.2) is 12.5 Å². The van der Waals surface area contributed by atoms with Gasteiger partial charge >= 0.3 is 0 Å². The number of amides is 1. The summed E-state index contributed by atoms with van der Waals surface area (Å²) in [4.78, 5) is 12.2. The third-order valence-corrected chi connectivity index (χ3v) is 3.33. The van der Waals surface area contributed by atoms with E-state index in [4.69, 9.17) is 16.3 Å². The summed E-state index contributed by atoms with van der Waals surface area (Å²) in [6.07, 6.45) is 0. The van der Waals surface area contributed by atoms with E-state index in [1.807, 2.05) is 32.0 Å². The molecule has 1 amide bonds. The van der Waals surface area contributed by atoms with Crippen LogP contribution in [0.25, 0.3) is 0 Å². The molecular weight excluding hydrogens is 274 g/mol. The van der Waals surface area contributed by atoms with Crippen molar-refractivity contribution in [2.24, 2.45) is 0 Å². The number of benzene rings is 2. The van der Waals surface area contributed by atoms with Crippen molar-refractivity contribution in [3.05, 3.63) is 58.6 Å². The predicted octanol–water partition coefficient (Wildman–Crippen LogP) is 4.30. The van der Waals surface area contributed by atoms with E-state index in [2.05, 4.69) is 5.32 Å². The van der Waals surface area contributed by atoms with Crippen molar-refractivity contribution in [1.29, 1.82) is 0 Å². The Bertz CT molecular complexity index is 626. The van der Waals surface area contributed by atoms with Crippen LogP contribution in [0, 0.1) is 6.92 Å². The van der Waals surface area contributed by atoms with Crippen LogP contribution in [-0.2, 0) is 0 Å². The van der Waals surface area contributed by atoms with Crippen molar-refractivity contribution in [2.75, 3.05) is 11.9 Å². The van der Waals surface area contributed by atoms with Gasteiger partial charge in [-0.25, -0.2) is 0 Å². The lowest BCUT2D eigenvalue weighted by atomic mass is 10.1. The molecule has 0 spiro atoms. The monoisotopic (exact) mass is 289 g/mol. The van der Waals surface area contributed by atoms with E-state index in [9.17, 15) is 4.79 Å². The van der Waals surface area contributed by atoms with Crippen LogP contribution in [0.2, 0.25) is 5.02 Å². The number of nitrogens with one attached hydrogen (secondary N) is 1. The van der Waals surface area contributed by atoms with E-state index < -0.39 is 0 Å². The molecule has 0 aliphatic heterocycles. The van der Waals surface area contributed by atoms with Crippen molar-refractivity contribution in [2.45, 2.75) is 13.8 Å². The van der Waals surface area contributed by atoms with E-state index in [1.54, 1.807) is 24.3 Å². The Morgan fingerprint density at radius 1 is 1.25 bits per heavy atom. The summed E-state index contributed by atoms with van der Waals surface area (Å²) in [6.45, 7) is 4.34. The SMILES string of the molecule is CCOc1cccc(C(=O)Nc2cccc(Cl)c2C)c1. The van der Waals surface area contributed by atoms with Gasteiger partial charge in [-0.15, -0.1) is 0 Å². The third kappa shape index (κ3) is 3.31. The molecule has 1 N–H and O–H groups in total. The zero-order valence-electron chi connectivity index (χ0n) is 11.4. The Kier molecular flexibility index (Phi) is 4.64. The van der Waals surface area contributed by atoms with Gasteiger partial charge in [0.05, 0.1) is 6.61 Å². The normalized spacial score (nSPS) is 10.2. The highest BCUT2D eigenvalue weighted by atomic mass is 35.5. The predicted molar refractivity (Wildman–Crippen MR) is 81.8 cm³/mol. The van der Waals surface area contributed by atoms with Crippen LogP contribution in [0.3, 0.4) is 0 Å². The van der Waals surface area contributed by atoms with Crippen molar-refractivity contribution < 1.29 is 9.53 Å². The third-order valence-electron chi connectivity index (χ3n) is 2.92. The maximum absolute atomic E-state index is 12.2. The lowest BCUT2D eigenvalue weighted by Crippen LogP contribution is -2.13. The van der Waals surface area contributed by atoms with Gasteiger partial charge in [0.2, 0.25) is 0 Å². The molecule has 4 heteroatoms. The van der Waals surface area contributed by atoms with Gasteiger partial charge in [-0.2, -0.15) is 0 Å². The second kappa shape index (κ2) is 6.44. The van der Waals surface area contributed by atoms with E-state index in [1.165, 1.54) is 0 Å². The molecule has 0 bridgehead atoms. The number of ether oxygens (including phenoxy) is 1. The highest BCUT2D eigenvalue weighted by Crippen LogP contribution is 2.23. The first-order valence-electron chi connectivity index (χ1n) is 6.41. The first-order chi connectivity index (χ1) is 9.61. The number of anilines is 1.